The summed E-state index contributed by atoms with van der Waals surface area (Å²) in [6, 6.07) is 0. The molecule has 0 radical (unpaired) electrons. The molecule has 1 saturated heterocycles. The van der Waals surface area contributed by atoms with Gasteiger partial charge in [0.1, 0.15) is 11.6 Å². The highest BCUT2D eigenvalue weighted by Crippen LogP contribution is 2.30. The first-order chi connectivity index (χ1) is 11.4. The molecular formula is C18H38O8. The molecule has 8 nitrogen and oxygen atoms in total. The van der Waals surface area contributed by atoms with Crippen molar-refractivity contribution in [1.82, 2.24) is 0 Å². The Morgan fingerprint density at radius 3 is 0.846 bits per heavy atom. The summed E-state index contributed by atoms with van der Waals surface area (Å²) in [5, 5.41) is 15.5. The molecular weight excluding hydrogens is 344 g/mol. The second-order valence-electron chi connectivity index (χ2n) is 6.97. The monoisotopic (exact) mass is 382 g/mol. The first kappa shape index (κ1) is 32.5. The minimum absolute atomic E-state index is 0.167. The molecule has 0 aliphatic carbocycles. The zero-order valence-electron chi connectivity index (χ0n) is 18.3. The van der Waals surface area contributed by atoms with E-state index in [2.05, 4.69) is 32.7 Å². The van der Waals surface area contributed by atoms with Gasteiger partial charge in [-0.25, -0.2) is 10.5 Å². The summed E-state index contributed by atoms with van der Waals surface area (Å²) in [6.07, 6.45) is 0. The quantitative estimate of drug-likeness (QED) is 0.344. The Labute approximate surface area is 157 Å². The molecule has 1 aliphatic heterocycles. The van der Waals surface area contributed by atoms with Gasteiger partial charge in [-0.1, -0.05) is 16.2 Å². The molecule has 0 bridgehead atoms. The SMILES string of the molecule is CC(C)=C(C)C.CC(C)=O.CC(C)=O.CC1(C)OOC(C)(C)O1.OOO. The number of carbonyl (C=O) groups excluding carboxylic acids is 2. The molecule has 8 heteroatoms. The molecule has 2 N–H and O–H groups in total. The van der Waals surface area contributed by atoms with Gasteiger partial charge in [0, 0.05) is 0 Å². The number of hydrogen-bond donors (Lipinski definition) is 2. The summed E-state index contributed by atoms with van der Waals surface area (Å²) in [5.41, 5.74) is 2.85. The number of ether oxygens (including phenoxy) is 1. The normalized spacial score (nSPS) is 15.2. The summed E-state index contributed by atoms with van der Waals surface area (Å²) in [6.45, 7) is 21.8. The van der Waals surface area contributed by atoms with Gasteiger partial charge in [-0.2, -0.15) is 9.78 Å². The molecule has 0 unspecified atom stereocenters. The summed E-state index contributed by atoms with van der Waals surface area (Å²) in [4.78, 5) is 28.6. The van der Waals surface area contributed by atoms with Crippen molar-refractivity contribution in [3.63, 3.8) is 0 Å². The van der Waals surface area contributed by atoms with Crippen LogP contribution >= 0.6 is 0 Å². The Balaban J connectivity index is -0.000000125. The third kappa shape index (κ3) is 43.4. The van der Waals surface area contributed by atoms with Crippen molar-refractivity contribution in [1.29, 1.82) is 0 Å². The standard InChI is InChI=1S/C6H12O3.C6H12.2C3H6O.H2O3/c1-5(2)7-6(3,4)9-8-5;1-5(2)6(3)4;2*1-3(2)4;1-3-2/h1-4H3;1-4H3;2*1-2H3;1-2H. The predicted molar refractivity (Wildman–Crippen MR) is 100 cm³/mol. The van der Waals surface area contributed by atoms with E-state index in [9.17, 15) is 9.59 Å². The van der Waals surface area contributed by atoms with Crippen LogP contribution in [0.15, 0.2) is 11.1 Å². The number of rotatable bonds is 0. The Kier molecular flexibility index (Phi) is 21.6. The van der Waals surface area contributed by atoms with E-state index >= 15 is 0 Å². The van der Waals surface area contributed by atoms with Gasteiger partial charge in [0.25, 0.3) is 0 Å². The van der Waals surface area contributed by atoms with Gasteiger partial charge in [-0.05, 0) is 83.1 Å². The second kappa shape index (κ2) is 17.3. The lowest BCUT2D eigenvalue weighted by Crippen LogP contribution is -2.26. The molecule has 0 atom stereocenters. The van der Waals surface area contributed by atoms with Crippen LogP contribution in [0, 0.1) is 0 Å². The lowest BCUT2D eigenvalue weighted by Gasteiger charge is -2.15. The first-order valence-electron chi connectivity index (χ1n) is 8.01. The molecule has 0 saturated carbocycles. The van der Waals surface area contributed by atoms with Crippen LogP contribution in [0.3, 0.4) is 0 Å². The maximum absolute atomic E-state index is 9.44. The minimum Gasteiger partial charge on any atom is -0.314 e. The molecule has 26 heavy (non-hydrogen) atoms. The molecule has 0 spiro atoms. The smallest absolute Gasteiger partial charge is 0.199 e. The first-order valence-corrected chi connectivity index (χ1v) is 8.01. The average Bonchev–Trinajstić information content (AvgIpc) is 2.61. The highest BCUT2D eigenvalue weighted by Gasteiger charge is 2.40. The highest BCUT2D eigenvalue weighted by molar-refractivity contribution is 5.72. The van der Waals surface area contributed by atoms with Crippen molar-refractivity contribution in [3.05, 3.63) is 11.1 Å². The van der Waals surface area contributed by atoms with E-state index in [0.717, 1.165) is 0 Å². The molecule has 0 aromatic heterocycles. The summed E-state index contributed by atoms with van der Waals surface area (Å²) < 4.78 is 5.29. The maximum atomic E-state index is 9.44. The number of allylic oxidation sites excluding steroid dienone is 2. The topological polar surface area (TPSA) is 112 Å². The highest BCUT2D eigenvalue weighted by atomic mass is 17.4. The van der Waals surface area contributed by atoms with Crippen LogP contribution in [0.25, 0.3) is 0 Å². The molecule has 0 aromatic carbocycles. The average molecular weight is 382 g/mol. The van der Waals surface area contributed by atoms with Crippen molar-refractivity contribution in [2.24, 2.45) is 0 Å². The second-order valence-corrected chi connectivity index (χ2v) is 6.97. The van der Waals surface area contributed by atoms with E-state index in [0.29, 0.717) is 0 Å². The molecule has 158 valence electrons. The third-order valence-corrected chi connectivity index (χ3v) is 1.93. The molecule has 1 heterocycles. The Hall–Kier alpha value is -1.16. The maximum Gasteiger partial charge on any atom is 0.199 e. The van der Waals surface area contributed by atoms with E-state index in [1.807, 2.05) is 27.7 Å². The van der Waals surface area contributed by atoms with E-state index in [-0.39, 0.29) is 11.6 Å². The zero-order chi connectivity index (χ0) is 22.1. The van der Waals surface area contributed by atoms with Crippen LogP contribution in [0.5, 0.6) is 0 Å². The Bertz CT molecular complexity index is 359. The summed E-state index contributed by atoms with van der Waals surface area (Å²) in [7, 11) is 0. The van der Waals surface area contributed by atoms with Gasteiger partial charge >= 0.3 is 0 Å². The van der Waals surface area contributed by atoms with Gasteiger partial charge < -0.3 is 14.3 Å². The third-order valence-electron chi connectivity index (χ3n) is 1.93. The van der Waals surface area contributed by atoms with E-state index in [1.54, 1.807) is 0 Å². The lowest BCUT2D eigenvalue weighted by molar-refractivity contribution is -0.465. The predicted octanol–water partition coefficient (Wildman–Crippen LogP) is 4.94. The van der Waals surface area contributed by atoms with Gasteiger partial charge in [0.2, 0.25) is 0 Å². The lowest BCUT2D eigenvalue weighted by atomic mass is 10.2. The minimum atomic E-state index is -0.594. The van der Waals surface area contributed by atoms with Crippen molar-refractivity contribution < 1.29 is 39.7 Å². The Morgan fingerprint density at radius 2 is 0.808 bits per heavy atom. The molecule has 1 fully saturated rings. The van der Waals surface area contributed by atoms with Crippen LogP contribution in [0.2, 0.25) is 0 Å². The van der Waals surface area contributed by atoms with Crippen LogP contribution in [0.1, 0.15) is 83.1 Å². The fourth-order valence-electron chi connectivity index (χ4n) is 0.827. The molecule has 0 amide bonds. The molecule has 1 aliphatic rings. The fourth-order valence-corrected chi connectivity index (χ4v) is 0.827. The van der Waals surface area contributed by atoms with Crippen LogP contribution in [-0.4, -0.2) is 33.7 Å². The van der Waals surface area contributed by atoms with Crippen molar-refractivity contribution >= 4 is 11.6 Å². The zero-order valence-corrected chi connectivity index (χ0v) is 18.3. The van der Waals surface area contributed by atoms with Crippen LogP contribution in [-0.2, 0) is 29.1 Å². The number of ketones is 2. The largest absolute Gasteiger partial charge is 0.314 e. The number of Topliss-reactive ketones (excluding diaryl/α,β-unsaturated/α-hetero) is 2. The van der Waals surface area contributed by atoms with Crippen molar-refractivity contribution in [2.45, 2.75) is 94.7 Å². The van der Waals surface area contributed by atoms with Crippen LogP contribution in [0.4, 0.5) is 0 Å². The Morgan fingerprint density at radius 1 is 0.654 bits per heavy atom. The number of hydrogen-bond acceptors (Lipinski definition) is 8. The van der Waals surface area contributed by atoms with Gasteiger partial charge in [-0.3, -0.25) is 0 Å². The van der Waals surface area contributed by atoms with Crippen molar-refractivity contribution in [2.75, 3.05) is 0 Å². The van der Waals surface area contributed by atoms with Crippen molar-refractivity contribution in [3.8, 4) is 0 Å². The van der Waals surface area contributed by atoms with Gasteiger partial charge in [0.15, 0.2) is 11.6 Å². The number of carbonyl (C=O) groups is 2. The summed E-state index contributed by atoms with van der Waals surface area (Å²) in [5.74, 6) is -0.854. The fraction of sp³-hybridized carbons (Fsp3) is 0.778. The van der Waals surface area contributed by atoms with E-state index in [4.69, 9.17) is 25.0 Å². The molecule has 0 aromatic rings. The summed E-state index contributed by atoms with van der Waals surface area (Å²) >= 11 is 0. The van der Waals surface area contributed by atoms with Gasteiger partial charge in [-0.15, -0.1) is 0 Å². The van der Waals surface area contributed by atoms with Gasteiger partial charge in [0.05, 0.1) is 0 Å². The van der Waals surface area contributed by atoms with E-state index in [1.165, 1.54) is 38.8 Å². The van der Waals surface area contributed by atoms with Crippen LogP contribution < -0.4 is 0 Å². The van der Waals surface area contributed by atoms with E-state index < -0.39 is 11.6 Å². The molecule has 1 rings (SSSR count).